The molecular weight excluding hydrogens is 347 g/mol. The Morgan fingerprint density at radius 1 is 0.733 bits per heavy atom. The van der Waals surface area contributed by atoms with Crippen molar-refractivity contribution in [2.75, 3.05) is 0 Å². The van der Waals surface area contributed by atoms with E-state index in [2.05, 4.69) is 42.5 Å². The minimum Gasteiger partial charge on any atom is -0.214 e. The van der Waals surface area contributed by atoms with Gasteiger partial charge in [0.2, 0.25) is 0 Å². The smallest absolute Gasteiger partial charge is 0 e. The molecule has 0 aromatic heterocycles. The van der Waals surface area contributed by atoms with Crippen LogP contribution in [0, 0.1) is 0 Å². The number of hydrogen-bond acceptors (Lipinski definition) is 0. The van der Waals surface area contributed by atoms with Gasteiger partial charge in [0.25, 0.3) is 0 Å². The zero-order valence-corrected chi connectivity index (χ0v) is 12.0. The van der Waals surface area contributed by atoms with Crippen LogP contribution in [0.15, 0.2) is 72.8 Å². The summed E-state index contributed by atoms with van der Waals surface area (Å²) in [5.41, 5.74) is 0. The van der Waals surface area contributed by atoms with Crippen LogP contribution in [-0.4, -0.2) is 0 Å². The van der Waals surface area contributed by atoms with Crippen molar-refractivity contribution < 1.29 is 25.8 Å². The quantitative estimate of drug-likeness (QED) is 0.421. The SMILES string of the molecule is [Hf].c1cc[cH-]c1.c1ccc2[cH-]ccc2c1. The first kappa shape index (κ1) is 12.1. The molecule has 0 saturated heterocycles. The van der Waals surface area contributed by atoms with Crippen molar-refractivity contribution in [3.05, 3.63) is 72.8 Å². The predicted octanol–water partition coefficient (Wildman–Crippen LogP) is 3.96. The molecule has 0 radical (unpaired) electrons. The number of hydrogen-bond donors (Lipinski definition) is 0. The summed E-state index contributed by atoms with van der Waals surface area (Å²) < 4.78 is 0. The van der Waals surface area contributed by atoms with Gasteiger partial charge in [0.1, 0.15) is 0 Å². The first-order valence-corrected chi connectivity index (χ1v) is 4.74. The van der Waals surface area contributed by atoms with Crippen LogP contribution < -0.4 is 0 Å². The molecule has 0 fully saturated rings. The Bertz CT molecular complexity index is 415. The molecule has 0 aliphatic rings. The standard InChI is InChI=1S/C9H7.C5H5.Hf/c1-2-5-9-7-3-6-8(9)4-1;1-2-4-5-3-1;/h1-7H;1-5H;/q2*-1;. The van der Waals surface area contributed by atoms with Gasteiger partial charge < -0.3 is 0 Å². The molecule has 0 atom stereocenters. The molecule has 0 heterocycles. The Hall–Kier alpha value is -0.950. The summed E-state index contributed by atoms with van der Waals surface area (Å²) in [6.45, 7) is 0. The molecule has 0 bridgehead atoms. The fourth-order valence-corrected chi connectivity index (χ4v) is 1.39. The molecule has 74 valence electrons. The molecule has 3 aromatic carbocycles. The van der Waals surface area contributed by atoms with Gasteiger partial charge in [0.05, 0.1) is 0 Å². The molecule has 0 aliphatic heterocycles. The Labute approximate surface area is 109 Å². The van der Waals surface area contributed by atoms with E-state index >= 15 is 0 Å². The van der Waals surface area contributed by atoms with E-state index < -0.39 is 0 Å². The zero-order valence-electron chi connectivity index (χ0n) is 8.43. The summed E-state index contributed by atoms with van der Waals surface area (Å²) in [5.74, 6) is 0. The maximum Gasteiger partial charge on any atom is 0 e. The van der Waals surface area contributed by atoms with E-state index in [4.69, 9.17) is 0 Å². The van der Waals surface area contributed by atoms with Crippen molar-refractivity contribution in [1.29, 1.82) is 0 Å². The molecule has 15 heavy (non-hydrogen) atoms. The van der Waals surface area contributed by atoms with Gasteiger partial charge in [-0.25, -0.2) is 12.1 Å². The molecule has 0 saturated carbocycles. The van der Waals surface area contributed by atoms with Crippen molar-refractivity contribution in [1.82, 2.24) is 0 Å². The number of rotatable bonds is 0. The largest absolute Gasteiger partial charge is 0.214 e. The third kappa shape index (κ3) is 3.60. The summed E-state index contributed by atoms with van der Waals surface area (Å²) in [6, 6.07) is 24.7. The van der Waals surface area contributed by atoms with Gasteiger partial charge in [0, 0.05) is 25.8 Å². The van der Waals surface area contributed by atoms with Gasteiger partial charge in [-0.3, -0.25) is 0 Å². The molecule has 0 unspecified atom stereocenters. The summed E-state index contributed by atoms with van der Waals surface area (Å²) >= 11 is 0. The van der Waals surface area contributed by atoms with Gasteiger partial charge >= 0.3 is 0 Å². The molecule has 0 spiro atoms. The predicted molar refractivity (Wildman–Crippen MR) is 61.6 cm³/mol. The molecule has 3 aromatic rings. The second-order valence-electron chi connectivity index (χ2n) is 3.12. The molecule has 0 amide bonds. The Kier molecular flexibility index (Phi) is 5.27. The van der Waals surface area contributed by atoms with E-state index in [1.807, 2.05) is 30.3 Å². The van der Waals surface area contributed by atoms with Crippen LogP contribution in [-0.2, 0) is 25.8 Å². The van der Waals surface area contributed by atoms with E-state index in [-0.39, 0.29) is 25.8 Å². The third-order valence-electron chi connectivity index (χ3n) is 2.10. The van der Waals surface area contributed by atoms with Crippen LogP contribution in [0.5, 0.6) is 0 Å². The van der Waals surface area contributed by atoms with E-state index in [0.29, 0.717) is 0 Å². The summed E-state index contributed by atoms with van der Waals surface area (Å²) in [7, 11) is 0. The number of fused-ring (bicyclic) bond motifs is 1. The van der Waals surface area contributed by atoms with E-state index in [1.54, 1.807) is 0 Å². The van der Waals surface area contributed by atoms with Gasteiger partial charge in [0.15, 0.2) is 0 Å². The van der Waals surface area contributed by atoms with Gasteiger partial charge in [-0.2, -0.15) is 35.7 Å². The normalized spacial score (nSPS) is 8.80. The summed E-state index contributed by atoms with van der Waals surface area (Å²) in [4.78, 5) is 0. The maximum absolute atomic E-state index is 2.12. The van der Waals surface area contributed by atoms with Crippen LogP contribution in [0.4, 0.5) is 0 Å². The first-order chi connectivity index (χ1) is 6.97. The van der Waals surface area contributed by atoms with Gasteiger partial charge in [-0.15, -0.1) is 29.7 Å². The Morgan fingerprint density at radius 2 is 1.47 bits per heavy atom. The second kappa shape index (κ2) is 6.52. The minimum absolute atomic E-state index is 0. The summed E-state index contributed by atoms with van der Waals surface area (Å²) in [5, 5.41) is 2.66. The fraction of sp³-hybridized carbons (Fsp3) is 0. The van der Waals surface area contributed by atoms with Gasteiger partial charge in [-0.1, -0.05) is 6.07 Å². The second-order valence-corrected chi connectivity index (χ2v) is 3.12. The van der Waals surface area contributed by atoms with E-state index in [1.165, 1.54) is 10.8 Å². The monoisotopic (exact) mass is 360 g/mol. The fourth-order valence-electron chi connectivity index (χ4n) is 1.39. The summed E-state index contributed by atoms with van der Waals surface area (Å²) in [6.07, 6.45) is 0. The number of benzene rings is 1. The Balaban J connectivity index is 0.000000162. The van der Waals surface area contributed by atoms with Crippen LogP contribution in [0.2, 0.25) is 0 Å². The molecule has 0 nitrogen and oxygen atoms in total. The molecular formula is C14H12Hf-2. The Morgan fingerprint density at radius 3 is 2.07 bits per heavy atom. The average molecular weight is 359 g/mol. The third-order valence-corrected chi connectivity index (χ3v) is 2.10. The molecule has 0 aliphatic carbocycles. The van der Waals surface area contributed by atoms with Crippen LogP contribution in [0.25, 0.3) is 10.8 Å². The topological polar surface area (TPSA) is 0 Å². The minimum atomic E-state index is 0. The van der Waals surface area contributed by atoms with Crippen molar-refractivity contribution in [3.63, 3.8) is 0 Å². The average Bonchev–Trinajstić information content (AvgIpc) is 2.92. The van der Waals surface area contributed by atoms with Gasteiger partial charge in [-0.05, 0) is 0 Å². The van der Waals surface area contributed by atoms with Crippen molar-refractivity contribution in [3.8, 4) is 0 Å². The van der Waals surface area contributed by atoms with Crippen LogP contribution >= 0.6 is 0 Å². The van der Waals surface area contributed by atoms with Crippen LogP contribution in [0.3, 0.4) is 0 Å². The zero-order chi connectivity index (χ0) is 9.64. The molecule has 0 N–H and O–H groups in total. The first-order valence-electron chi connectivity index (χ1n) is 4.74. The van der Waals surface area contributed by atoms with E-state index in [0.717, 1.165) is 0 Å². The molecule has 3 rings (SSSR count). The van der Waals surface area contributed by atoms with Crippen molar-refractivity contribution in [2.45, 2.75) is 0 Å². The van der Waals surface area contributed by atoms with E-state index in [9.17, 15) is 0 Å². The maximum atomic E-state index is 2.12. The van der Waals surface area contributed by atoms with Crippen molar-refractivity contribution in [2.24, 2.45) is 0 Å². The van der Waals surface area contributed by atoms with Crippen LogP contribution in [0.1, 0.15) is 0 Å². The van der Waals surface area contributed by atoms with Crippen molar-refractivity contribution >= 4 is 10.8 Å². The molecule has 1 heteroatoms.